The van der Waals surface area contributed by atoms with Crippen LogP contribution in [0.5, 0.6) is 23.0 Å². The zero-order valence-corrected chi connectivity index (χ0v) is 14.3. The van der Waals surface area contributed by atoms with Crippen molar-refractivity contribution in [1.29, 1.82) is 0 Å². The molecule has 0 aliphatic heterocycles. The van der Waals surface area contributed by atoms with E-state index >= 15 is 0 Å². The molecule has 0 aromatic heterocycles. The van der Waals surface area contributed by atoms with Gasteiger partial charge < -0.3 is 24.1 Å². The van der Waals surface area contributed by atoms with Crippen molar-refractivity contribution < 1.29 is 24.1 Å². The number of ether oxygens (including phenoxy) is 4. The number of hydrogen-bond acceptors (Lipinski definition) is 5. The van der Waals surface area contributed by atoms with E-state index < -0.39 is 0 Å². The van der Waals surface area contributed by atoms with Crippen molar-refractivity contribution in [2.45, 2.75) is 6.61 Å². The van der Waals surface area contributed by atoms with E-state index in [-0.39, 0.29) is 6.61 Å². The highest BCUT2D eigenvalue weighted by atomic mass is 16.5. The second kappa shape index (κ2) is 8.26. The first-order chi connectivity index (χ1) is 11.7. The van der Waals surface area contributed by atoms with Crippen LogP contribution in [-0.2, 0) is 6.61 Å². The lowest BCUT2D eigenvalue weighted by Crippen LogP contribution is -1.97. The van der Waals surface area contributed by atoms with E-state index in [2.05, 4.69) is 0 Å². The van der Waals surface area contributed by atoms with Crippen molar-refractivity contribution in [3.63, 3.8) is 0 Å². The van der Waals surface area contributed by atoms with E-state index in [0.717, 1.165) is 11.1 Å². The molecule has 0 saturated carbocycles. The molecular weight excluding hydrogens is 308 g/mol. The number of aliphatic hydroxyl groups excluding tert-OH is 1. The molecule has 128 valence electrons. The van der Waals surface area contributed by atoms with E-state index in [0.29, 0.717) is 28.6 Å². The van der Waals surface area contributed by atoms with Crippen LogP contribution in [0.15, 0.2) is 30.3 Å². The SMILES string of the molecule is COc1ccc(/C=C/c2cc(OC)c(CO)c(OC)c2)cc1OC. The van der Waals surface area contributed by atoms with Gasteiger partial charge in [0.15, 0.2) is 11.5 Å². The van der Waals surface area contributed by atoms with Crippen molar-refractivity contribution in [2.75, 3.05) is 28.4 Å². The minimum atomic E-state index is -0.147. The van der Waals surface area contributed by atoms with Crippen LogP contribution in [0.1, 0.15) is 16.7 Å². The molecule has 2 rings (SSSR count). The van der Waals surface area contributed by atoms with Gasteiger partial charge in [-0.1, -0.05) is 18.2 Å². The predicted octanol–water partition coefficient (Wildman–Crippen LogP) is 3.38. The fraction of sp³-hybridized carbons (Fsp3) is 0.263. The summed E-state index contributed by atoms with van der Waals surface area (Å²) in [5.74, 6) is 2.53. The second-order valence-corrected chi connectivity index (χ2v) is 5.01. The minimum absolute atomic E-state index is 0.147. The number of hydrogen-bond donors (Lipinski definition) is 1. The highest BCUT2D eigenvalue weighted by Gasteiger charge is 2.10. The summed E-state index contributed by atoms with van der Waals surface area (Å²) >= 11 is 0. The van der Waals surface area contributed by atoms with Gasteiger partial charge in [0, 0.05) is 0 Å². The lowest BCUT2D eigenvalue weighted by atomic mass is 10.1. The third-order valence-electron chi connectivity index (χ3n) is 3.66. The lowest BCUT2D eigenvalue weighted by Gasteiger charge is -2.12. The zero-order valence-electron chi connectivity index (χ0n) is 14.3. The Balaban J connectivity index is 2.35. The van der Waals surface area contributed by atoms with Crippen molar-refractivity contribution in [2.24, 2.45) is 0 Å². The van der Waals surface area contributed by atoms with Crippen molar-refractivity contribution in [3.05, 3.63) is 47.0 Å². The van der Waals surface area contributed by atoms with Crippen LogP contribution in [0.3, 0.4) is 0 Å². The maximum Gasteiger partial charge on any atom is 0.161 e. The summed E-state index contributed by atoms with van der Waals surface area (Å²) in [5, 5.41) is 9.46. The first-order valence-corrected chi connectivity index (χ1v) is 7.42. The molecule has 0 bridgehead atoms. The average molecular weight is 330 g/mol. The highest BCUT2D eigenvalue weighted by Crippen LogP contribution is 2.32. The first-order valence-electron chi connectivity index (χ1n) is 7.42. The topological polar surface area (TPSA) is 57.2 Å². The summed E-state index contributed by atoms with van der Waals surface area (Å²) in [4.78, 5) is 0. The minimum Gasteiger partial charge on any atom is -0.496 e. The molecule has 1 N–H and O–H groups in total. The third kappa shape index (κ3) is 3.81. The predicted molar refractivity (Wildman–Crippen MR) is 93.9 cm³/mol. The molecule has 0 amide bonds. The molecule has 2 aromatic carbocycles. The smallest absolute Gasteiger partial charge is 0.161 e. The van der Waals surface area contributed by atoms with Crippen LogP contribution in [0.25, 0.3) is 12.2 Å². The average Bonchev–Trinajstić information content (AvgIpc) is 2.64. The molecule has 0 spiro atoms. The quantitative estimate of drug-likeness (QED) is 0.789. The molecule has 2 aromatic rings. The largest absolute Gasteiger partial charge is 0.496 e. The van der Waals surface area contributed by atoms with Crippen LogP contribution < -0.4 is 18.9 Å². The number of rotatable bonds is 7. The molecular formula is C19H22O5. The third-order valence-corrected chi connectivity index (χ3v) is 3.66. The van der Waals surface area contributed by atoms with E-state index in [1.54, 1.807) is 28.4 Å². The summed E-state index contributed by atoms with van der Waals surface area (Å²) in [5.41, 5.74) is 2.50. The van der Waals surface area contributed by atoms with Gasteiger partial charge in [0.2, 0.25) is 0 Å². The van der Waals surface area contributed by atoms with Crippen molar-refractivity contribution in [1.82, 2.24) is 0 Å². The van der Waals surface area contributed by atoms with Gasteiger partial charge in [0.1, 0.15) is 11.5 Å². The number of benzene rings is 2. The molecule has 0 fully saturated rings. The van der Waals surface area contributed by atoms with E-state index in [4.69, 9.17) is 18.9 Å². The maximum absolute atomic E-state index is 9.46. The number of methoxy groups -OCH3 is 4. The molecule has 0 unspecified atom stereocenters. The van der Waals surface area contributed by atoms with Crippen molar-refractivity contribution >= 4 is 12.2 Å². The van der Waals surface area contributed by atoms with Crippen molar-refractivity contribution in [3.8, 4) is 23.0 Å². The summed E-state index contributed by atoms with van der Waals surface area (Å²) in [6.45, 7) is -0.147. The van der Waals surface area contributed by atoms with Gasteiger partial charge in [0.05, 0.1) is 40.6 Å². The molecule has 5 heteroatoms. The monoisotopic (exact) mass is 330 g/mol. The highest BCUT2D eigenvalue weighted by molar-refractivity contribution is 5.73. The van der Waals surface area contributed by atoms with Crippen LogP contribution in [0.2, 0.25) is 0 Å². The Hall–Kier alpha value is -2.66. The molecule has 0 atom stereocenters. The van der Waals surface area contributed by atoms with E-state index in [9.17, 15) is 5.11 Å². The Morgan fingerprint density at radius 2 is 1.21 bits per heavy atom. The van der Waals surface area contributed by atoms with E-state index in [1.807, 2.05) is 42.5 Å². The summed E-state index contributed by atoms with van der Waals surface area (Å²) in [7, 11) is 6.34. The zero-order chi connectivity index (χ0) is 17.5. The summed E-state index contributed by atoms with van der Waals surface area (Å²) in [6, 6.07) is 9.39. The molecule has 0 aliphatic rings. The lowest BCUT2D eigenvalue weighted by molar-refractivity contribution is 0.265. The molecule has 0 aliphatic carbocycles. The summed E-state index contributed by atoms with van der Waals surface area (Å²) < 4.78 is 21.2. The fourth-order valence-corrected chi connectivity index (χ4v) is 2.41. The van der Waals surface area contributed by atoms with Gasteiger partial charge in [-0.05, 0) is 35.4 Å². The van der Waals surface area contributed by atoms with Gasteiger partial charge in [-0.15, -0.1) is 0 Å². The van der Waals surface area contributed by atoms with Gasteiger partial charge >= 0.3 is 0 Å². The Morgan fingerprint density at radius 3 is 1.71 bits per heavy atom. The molecule has 0 saturated heterocycles. The Morgan fingerprint density at radius 1 is 0.708 bits per heavy atom. The fourth-order valence-electron chi connectivity index (χ4n) is 2.41. The summed E-state index contributed by atoms with van der Waals surface area (Å²) in [6.07, 6.45) is 3.89. The van der Waals surface area contributed by atoms with Gasteiger partial charge in [-0.2, -0.15) is 0 Å². The van der Waals surface area contributed by atoms with Crippen LogP contribution in [-0.4, -0.2) is 33.5 Å². The molecule has 5 nitrogen and oxygen atoms in total. The Kier molecular flexibility index (Phi) is 6.09. The van der Waals surface area contributed by atoms with Crippen LogP contribution >= 0.6 is 0 Å². The molecule has 24 heavy (non-hydrogen) atoms. The molecule has 0 heterocycles. The van der Waals surface area contributed by atoms with Gasteiger partial charge in [0.25, 0.3) is 0 Å². The Bertz CT molecular complexity index is 697. The molecule has 0 radical (unpaired) electrons. The van der Waals surface area contributed by atoms with Gasteiger partial charge in [-0.25, -0.2) is 0 Å². The standard InChI is InChI=1S/C19H22O5/c1-21-16-8-7-13(9-19(16)24-4)5-6-14-10-17(22-2)15(12-20)18(11-14)23-3/h5-11,20H,12H2,1-4H3/b6-5+. The van der Waals surface area contributed by atoms with Gasteiger partial charge in [-0.3, -0.25) is 0 Å². The maximum atomic E-state index is 9.46. The van der Waals surface area contributed by atoms with Crippen LogP contribution in [0.4, 0.5) is 0 Å². The normalized spacial score (nSPS) is 10.7. The number of aliphatic hydroxyl groups is 1. The van der Waals surface area contributed by atoms with E-state index in [1.165, 1.54) is 0 Å². The Labute approximate surface area is 142 Å². The van der Waals surface area contributed by atoms with Crippen LogP contribution in [0, 0.1) is 0 Å². The first kappa shape index (κ1) is 17.7. The second-order valence-electron chi connectivity index (χ2n) is 5.01.